The van der Waals surface area contributed by atoms with E-state index in [1.165, 1.54) is 6.21 Å². The number of aromatic nitrogens is 1. The number of hydrazone groups is 1. The smallest absolute Gasteiger partial charge is 0.245 e. The minimum Gasteiger partial charge on any atom is -0.455 e. The van der Waals surface area contributed by atoms with Crippen LogP contribution in [0.2, 0.25) is 10.0 Å². The van der Waals surface area contributed by atoms with Gasteiger partial charge in [-0.05, 0) is 42.5 Å². The highest BCUT2D eigenvalue weighted by Crippen LogP contribution is 2.31. The number of amides is 1. The number of nitrogens with one attached hydrogen (secondary N) is 1. The van der Waals surface area contributed by atoms with E-state index in [0.717, 1.165) is 5.69 Å². The number of benzene rings is 1. The first kappa shape index (κ1) is 17.3. The fourth-order valence-electron chi connectivity index (χ4n) is 2.31. The van der Waals surface area contributed by atoms with Crippen molar-refractivity contribution in [1.82, 2.24) is 9.99 Å². The van der Waals surface area contributed by atoms with Crippen molar-refractivity contribution in [3.63, 3.8) is 0 Å². The molecule has 2 aromatic heterocycles. The first-order valence-electron chi connectivity index (χ1n) is 7.50. The molecule has 0 radical (unpaired) electrons. The van der Waals surface area contributed by atoms with Crippen LogP contribution in [-0.2, 0) is 18.3 Å². The lowest BCUT2D eigenvalue weighted by molar-refractivity contribution is -0.120. The Morgan fingerprint density at radius 2 is 2.12 bits per heavy atom. The van der Waals surface area contributed by atoms with E-state index in [4.69, 9.17) is 27.6 Å². The fraction of sp³-hybridized carbons (Fsp3) is 0.111. The third-order valence-electron chi connectivity index (χ3n) is 3.59. The number of halogens is 2. The van der Waals surface area contributed by atoms with Gasteiger partial charge in [-0.2, -0.15) is 5.10 Å². The highest BCUT2D eigenvalue weighted by atomic mass is 35.5. The molecule has 0 unspecified atom stereocenters. The quantitative estimate of drug-likeness (QED) is 0.534. The van der Waals surface area contributed by atoms with Gasteiger partial charge in [0.15, 0.2) is 0 Å². The molecule has 7 heteroatoms. The van der Waals surface area contributed by atoms with Crippen LogP contribution in [0.1, 0.15) is 11.5 Å². The van der Waals surface area contributed by atoms with Crippen LogP contribution < -0.4 is 5.43 Å². The summed E-state index contributed by atoms with van der Waals surface area (Å²) in [6.07, 6.45) is 3.57. The van der Waals surface area contributed by atoms with E-state index in [1.807, 2.05) is 29.9 Å². The van der Waals surface area contributed by atoms with Gasteiger partial charge in [-0.25, -0.2) is 5.43 Å². The number of carbonyl (C=O) groups excluding carboxylic acids is 1. The van der Waals surface area contributed by atoms with Crippen LogP contribution in [0.15, 0.2) is 58.2 Å². The van der Waals surface area contributed by atoms with Crippen LogP contribution in [0, 0.1) is 0 Å². The zero-order valence-corrected chi connectivity index (χ0v) is 14.9. The van der Waals surface area contributed by atoms with Gasteiger partial charge in [-0.15, -0.1) is 0 Å². The molecule has 0 spiro atoms. The summed E-state index contributed by atoms with van der Waals surface area (Å²) in [5.74, 6) is 0.858. The summed E-state index contributed by atoms with van der Waals surface area (Å²) in [5, 5.41) is 5.02. The average Bonchev–Trinajstić information content (AvgIpc) is 3.20. The van der Waals surface area contributed by atoms with Crippen molar-refractivity contribution in [2.24, 2.45) is 12.1 Å². The van der Waals surface area contributed by atoms with E-state index in [9.17, 15) is 4.79 Å². The summed E-state index contributed by atoms with van der Waals surface area (Å²) in [6, 6.07) is 12.4. The normalized spacial score (nSPS) is 11.2. The van der Waals surface area contributed by atoms with Crippen LogP contribution in [0.5, 0.6) is 0 Å². The van der Waals surface area contributed by atoms with Gasteiger partial charge in [0.25, 0.3) is 0 Å². The van der Waals surface area contributed by atoms with Crippen molar-refractivity contribution < 1.29 is 9.21 Å². The van der Waals surface area contributed by atoms with Gasteiger partial charge in [0.2, 0.25) is 5.91 Å². The lowest BCUT2D eigenvalue weighted by Gasteiger charge is -2.02. The molecule has 128 valence electrons. The molecule has 0 aliphatic rings. The van der Waals surface area contributed by atoms with Gasteiger partial charge >= 0.3 is 0 Å². The van der Waals surface area contributed by atoms with Gasteiger partial charge in [0, 0.05) is 29.5 Å². The maximum Gasteiger partial charge on any atom is 0.245 e. The number of hydrogen-bond acceptors (Lipinski definition) is 3. The molecule has 0 fully saturated rings. The van der Waals surface area contributed by atoms with Crippen molar-refractivity contribution in [1.29, 1.82) is 0 Å². The van der Waals surface area contributed by atoms with Crippen molar-refractivity contribution in [3.8, 4) is 11.3 Å². The molecule has 0 aliphatic heterocycles. The number of nitrogens with zero attached hydrogens (tertiary/aromatic N) is 2. The summed E-state index contributed by atoms with van der Waals surface area (Å²) >= 11 is 12.1. The third-order valence-corrected chi connectivity index (χ3v) is 4.16. The molecule has 25 heavy (non-hydrogen) atoms. The molecular formula is C18H15Cl2N3O2. The minimum absolute atomic E-state index is 0.206. The standard InChI is InChI=1S/C18H15Cl2N3O2/c1-23-8-2-3-13(23)10-18(24)22-21-11-14-5-7-17(25-14)15-9-12(19)4-6-16(15)20/h2-9,11H,10H2,1H3,(H,22,24)/b21-11-. The third kappa shape index (κ3) is 4.32. The van der Waals surface area contributed by atoms with Gasteiger partial charge in [0.05, 0.1) is 17.7 Å². The topological polar surface area (TPSA) is 59.5 Å². The van der Waals surface area contributed by atoms with Crippen molar-refractivity contribution >= 4 is 35.3 Å². The SMILES string of the molecule is Cn1cccc1CC(=O)N/N=C\c1ccc(-c2cc(Cl)ccc2Cl)o1. The highest BCUT2D eigenvalue weighted by Gasteiger charge is 2.09. The summed E-state index contributed by atoms with van der Waals surface area (Å²) in [5.41, 5.74) is 4.08. The molecule has 0 saturated carbocycles. The lowest BCUT2D eigenvalue weighted by atomic mass is 10.2. The van der Waals surface area contributed by atoms with Gasteiger partial charge in [-0.1, -0.05) is 23.2 Å². The Morgan fingerprint density at radius 1 is 1.28 bits per heavy atom. The zero-order chi connectivity index (χ0) is 17.8. The molecule has 5 nitrogen and oxygen atoms in total. The Balaban J connectivity index is 1.63. The molecule has 0 atom stereocenters. The van der Waals surface area contributed by atoms with Crippen LogP contribution in [0.3, 0.4) is 0 Å². The van der Waals surface area contributed by atoms with Gasteiger partial charge in [0.1, 0.15) is 11.5 Å². The van der Waals surface area contributed by atoms with E-state index in [1.54, 1.807) is 30.3 Å². The number of hydrogen-bond donors (Lipinski definition) is 1. The monoisotopic (exact) mass is 375 g/mol. The molecule has 0 bridgehead atoms. The molecule has 3 rings (SSSR count). The first-order valence-corrected chi connectivity index (χ1v) is 8.26. The Hall–Kier alpha value is -2.50. The number of aryl methyl sites for hydroxylation is 1. The van der Waals surface area contributed by atoms with E-state index in [0.29, 0.717) is 27.1 Å². The second kappa shape index (κ2) is 7.59. The molecule has 0 saturated heterocycles. The highest BCUT2D eigenvalue weighted by molar-refractivity contribution is 6.35. The summed E-state index contributed by atoms with van der Waals surface area (Å²) < 4.78 is 7.55. The summed E-state index contributed by atoms with van der Waals surface area (Å²) in [4.78, 5) is 11.9. The van der Waals surface area contributed by atoms with E-state index < -0.39 is 0 Å². The Kier molecular flexibility index (Phi) is 5.26. The molecule has 0 aliphatic carbocycles. The van der Waals surface area contributed by atoms with E-state index in [2.05, 4.69) is 10.5 Å². The maximum absolute atomic E-state index is 11.9. The van der Waals surface area contributed by atoms with E-state index >= 15 is 0 Å². The van der Waals surface area contributed by atoms with Gasteiger partial charge in [-0.3, -0.25) is 4.79 Å². The first-order chi connectivity index (χ1) is 12.0. The molecule has 1 amide bonds. The zero-order valence-electron chi connectivity index (χ0n) is 13.4. The van der Waals surface area contributed by atoms with Crippen molar-refractivity contribution in [2.45, 2.75) is 6.42 Å². The number of furan rings is 1. The minimum atomic E-state index is -0.206. The van der Waals surface area contributed by atoms with Crippen molar-refractivity contribution in [2.75, 3.05) is 0 Å². The molecule has 2 heterocycles. The lowest BCUT2D eigenvalue weighted by Crippen LogP contribution is -2.20. The van der Waals surface area contributed by atoms with E-state index in [-0.39, 0.29) is 12.3 Å². The predicted octanol–water partition coefficient (Wildman–Crippen LogP) is 4.28. The largest absolute Gasteiger partial charge is 0.455 e. The second-order valence-electron chi connectivity index (χ2n) is 5.41. The number of carbonyl (C=O) groups is 1. The van der Waals surface area contributed by atoms with Gasteiger partial charge < -0.3 is 8.98 Å². The van der Waals surface area contributed by atoms with Crippen LogP contribution in [0.25, 0.3) is 11.3 Å². The van der Waals surface area contributed by atoms with Crippen LogP contribution in [0.4, 0.5) is 0 Å². The molecule has 1 aromatic carbocycles. The predicted molar refractivity (Wildman–Crippen MR) is 99.0 cm³/mol. The Morgan fingerprint density at radius 3 is 2.88 bits per heavy atom. The van der Waals surface area contributed by atoms with Crippen molar-refractivity contribution in [3.05, 3.63) is 70.2 Å². The maximum atomic E-state index is 11.9. The van der Waals surface area contributed by atoms with Crippen LogP contribution >= 0.6 is 23.2 Å². The molecule has 3 aromatic rings. The molecule has 1 N–H and O–H groups in total. The fourth-order valence-corrected chi connectivity index (χ4v) is 2.69. The number of rotatable bonds is 5. The molecular weight excluding hydrogens is 361 g/mol. The summed E-state index contributed by atoms with van der Waals surface area (Å²) in [6.45, 7) is 0. The Labute approximate surface area is 154 Å². The average molecular weight is 376 g/mol. The van der Waals surface area contributed by atoms with Crippen LogP contribution in [-0.4, -0.2) is 16.7 Å². The Bertz CT molecular complexity index is 928. The summed E-state index contributed by atoms with van der Waals surface area (Å²) in [7, 11) is 1.89. The second-order valence-corrected chi connectivity index (χ2v) is 6.25.